The molecule has 1 aliphatic carbocycles. The van der Waals surface area contributed by atoms with Crippen LogP contribution in [0.25, 0.3) is 0 Å². The Morgan fingerprint density at radius 2 is 1.95 bits per heavy atom. The van der Waals surface area contributed by atoms with Crippen LogP contribution in [0.1, 0.15) is 51.4 Å². The summed E-state index contributed by atoms with van der Waals surface area (Å²) in [5.74, 6) is 0.985. The number of ether oxygens (including phenoxy) is 1. The minimum atomic E-state index is 0.269. The van der Waals surface area contributed by atoms with Crippen LogP contribution in [0.5, 0.6) is 5.75 Å². The average molecular weight is 279 g/mol. The van der Waals surface area contributed by atoms with Gasteiger partial charge in [-0.05, 0) is 33.2 Å². The second-order valence-corrected chi connectivity index (χ2v) is 6.02. The van der Waals surface area contributed by atoms with E-state index in [2.05, 4.69) is 38.1 Å². The highest BCUT2D eigenvalue weighted by molar-refractivity contribution is 5.32. The smallest absolute Gasteiger partial charge is 0.163 e. The van der Waals surface area contributed by atoms with Crippen molar-refractivity contribution in [3.05, 3.63) is 11.4 Å². The van der Waals surface area contributed by atoms with Gasteiger partial charge in [0, 0.05) is 24.9 Å². The van der Waals surface area contributed by atoms with E-state index in [1.165, 1.54) is 0 Å². The molecule has 4 nitrogen and oxygen atoms in total. The van der Waals surface area contributed by atoms with Crippen LogP contribution in [0.2, 0.25) is 0 Å². The molecule has 20 heavy (non-hydrogen) atoms. The molecule has 0 amide bonds. The summed E-state index contributed by atoms with van der Waals surface area (Å²) in [7, 11) is 1.98. The van der Waals surface area contributed by atoms with E-state index in [0.29, 0.717) is 12.1 Å². The number of hydrogen-bond donors (Lipinski definition) is 1. The van der Waals surface area contributed by atoms with Crippen molar-refractivity contribution >= 4 is 0 Å². The Balaban J connectivity index is 2.17. The zero-order valence-electron chi connectivity index (χ0n) is 13.8. The Bertz CT molecular complexity index is 463. The molecule has 114 valence electrons. The summed E-state index contributed by atoms with van der Waals surface area (Å²) in [4.78, 5) is 0. The quantitative estimate of drug-likeness (QED) is 0.870. The van der Waals surface area contributed by atoms with Gasteiger partial charge in [0.2, 0.25) is 0 Å². The van der Waals surface area contributed by atoms with E-state index in [1.807, 2.05) is 18.7 Å². The molecular weight excluding hydrogens is 250 g/mol. The Morgan fingerprint density at radius 1 is 1.30 bits per heavy atom. The first-order chi connectivity index (χ1) is 9.50. The summed E-state index contributed by atoms with van der Waals surface area (Å²) in [5, 5.41) is 8.08. The molecule has 0 aliphatic heterocycles. The van der Waals surface area contributed by atoms with Crippen molar-refractivity contribution in [1.29, 1.82) is 0 Å². The fraction of sp³-hybridized carbons (Fsp3) is 0.812. The summed E-state index contributed by atoms with van der Waals surface area (Å²) >= 11 is 0. The first kappa shape index (κ1) is 15.4. The lowest BCUT2D eigenvalue weighted by atomic mass is 9.58. The number of rotatable bonds is 6. The Kier molecular flexibility index (Phi) is 4.43. The molecule has 2 unspecified atom stereocenters. The molecule has 0 saturated heterocycles. The van der Waals surface area contributed by atoms with Gasteiger partial charge in [-0.3, -0.25) is 4.68 Å². The number of nitrogens with zero attached hydrogens (tertiary/aromatic N) is 2. The third-order valence-corrected chi connectivity index (χ3v) is 5.25. The standard InChI is InChI=1S/C16H29N3O/c1-7-16(8-2)13(17-9-3)10-14(16)20-15-11(4)18-19(6)12(15)5/h13-14,17H,7-10H2,1-6H3. The highest BCUT2D eigenvalue weighted by atomic mass is 16.5. The largest absolute Gasteiger partial charge is 0.486 e. The van der Waals surface area contributed by atoms with Crippen molar-refractivity contribution in [2.45, 2.75) is 66.0 Å². The van der Waals surface area contributed by atoms with Gasteiger partial charge in [-0.15, -0.1) is 0 Å². The molecule has 1 aliphatic rings. The lowest BCUT2D eigenvalue weighted by molar-refractivity contribution is -0.0859. The molecule has 1 aromatic rings. The van der Waals surface area contributed by atoms with Gasteiger partial charge in [-0.2, -0.15) is 5.10 Å². The highest BCUT2D eigenvalue weighted by Crippen LogP contribution is 2.49. The van der Waals surface area contributed by atoms with Crippen LogP contribution < -0.4 is 10.1 Å². The number of hydrogen-bond acceptors (Lipinski definition) is 3. The van der Waals surface area contributed by atoms with E-state index in [-0.39, 0.29) is 5.41 Å². The lowest BCUT2D eigenvalue weighted by Crippen LogP contribution is -2.64. The molecule has 1 aromatic heterocycles. The van der Waals surface area contributed by atoms with Crippen molar-refractivity contribution in [1.82, 2.24) is 15.1 Å². The molecule has 0 bridgehead atoms. The summed E-state index contributed by atoms with van der Waals surface area (Å²) < 4.78 is 8.29. The van der Waals surface area contributed by atoms with E-state index in [0.717, 1.165) is 42.9 Å². The maximum absolute atomic E-state index is 6.38. The maximum atomic E-state index is 6.38. The third kappa shape index (κ3) is 2.24. The highest BCUT2D eigenvalue weighted by Gasteiger charge is 2.54. The van der Waals surface area contributed by atoms with Crippen LogP contribution in [-0.2, 0) is 7.05 Å². The summed E-state index contributed by atoms with van der Waals surface area (Å²) in [6.45, 7) is 11.9. The lowest BCUT2D eigenvalue weighted by Gasteiger charge is -2.55. The molecule has 1 N–H and O–H groups in total. The summed E-state index contributed by atoms with van der Waals surface area (Å²) in [6, 6.07) is 0.588. The van der Waals surface area contributed by atoms with Gasteiger partial charge < -0.3 is 10.1 Å². The second kappa shape index (κ2) is 5.76. The van der Waals surface area contributed by atoms with Gasteiger partial charge in [-0.1, -0.05) is 20.8 Å². The Labute approximate surface area is 122 Å². The maximum Gasteiger partial charge on any atom is 0.163 e. The van der Waals surface area contributed by atoms with E-state index in [9.17, 15) is 0 Å². The molecule has 0 radical (unpaired) electrons. The molecular formula is C16H29N3O. The van der Waals surface area contributed by atoms with Crippen LogP contribution in [-0.4, -0.2) is 28.5 Å². The molecule has 2 atom stereocenters. The van der Waals surface area contributed by atoms with Crippen molar-refractivity contribution in [2.75, 3.05) is 6.54 Å². The predicted octanol–water partition coefficient (Wildman–Crippen LogP) is 2.97. The molecule has 0 spiro atoms. The normalized spacial score (nSPS) is 24.5. The van der Waals surface area contributed by atoms with E-state index < -0.39 is 0 Å². The van der Waals surface area contributed by atoms with Gasteiger partial charge >= 0.3 is 0 Å². The SMILES string of the molecule is CCNC1CC(Oc2c(C)nn(C)c2C)C1(CC)CC. The van der Waals surface area contributed by atoms with E-state index in [1.54, 1.807) is 0 Å². The minimum absolute atomic E-state index is 0.269. The molecule has 2 rings (SSSR count). The van der Waals surface area contributed by atoms with Crippen LogP contribution in [0.4, 0.5) is 0 Å². The third-order valence-electron chi connectivity index (χ3n) is 5.25. The van der Waals surface area contributed by atoms with Gasteiger partial charge in [0.25, 0.3) is 0 Å². The van der Waals surface area contributed by atoms with Gasteiger partial charge in [0.1, 0.15) is 11.8 Å². The fourth-order valence-corrected chi connectivity index (χ4v) is 3.71. The van der Waals surface area contributed by atoms with Crippen LogP contribution >= 0.6 is 0 Å². The molecule has 4 heteroatoms. The van der Waals surface area contributed by atoms with Gasteiger partial charge in [0.05, 0.1) is 5.69 Å². The van der Waals surface area contributed by atoms with Crippen molar-refractivity contribution in [2.24, 2.45) is 12.5 Å². The number of aryl methyl sites for hydroxylation is 2. The van der Waals surface area contributed by atoms with Gasteiger partial charge in [0.15, 0.2) is 5.75 Å². The zero-order chi connectivity index (χ0) is 14.9. The predicted molar refractivity (Wildman–Crippen MR) is 82.2 cm³/mol. The molecule has 1 heterocycles. The topological polar surface area (TPSA) is 39.1 Å². The summed E-state index contributed by atoms with van der Waals surface area (Å²) in [6.07, 6.45) is 3.72. The van der Waals surface area contributed by atoms with Crippen molar-refractivity contribution in [3.63, 3.8) is 0 Å². The first-order valence-electron chi connectivity index (χ1n) is 7.90. The van der Waals surface area contributed by atoms with Crippen LogP contribution in [0.3, 0.4) is 0 Å². The fourth-order valence-electron chi connectivity index (χ4n) is 3.71. The van der Waals surface area contributed by atoms with E-state index in [4.69, 9.17) is 4.74 Å². The minimum Gasteiger partial charge on any atom is -0.486 e. The molecule has 1 saturated carbocycles. The number of aromatic nitrogens is 2. The summed E-state index contributed by atoms with van der Waals surface area (Å²) in [5.41, 5.74) is 2.39. The van der Waals surface area contributed by atoms with E-state index >= 15 is 0 Å². The first-order valence-corrected chi connectivity index (χ1v) is 7.90. The molecule has 1 fully saturated rings. The van der Waals surface area contributed by atoms with Crippen molar-refractivity contribution in [3.8, 4) is 5.75 Å². The Morgan fingerprint density at radius 3 is 2.40 bits per heavy atom. The van der Waals surface area contributed by atoms with Crippen LogP contribution in [0.15, 0.2) is 0 Å². The average Bonchev–Trinajstić information content (AvgIpc) is 2.65. The monoisotopic (exact) mass is 279 g/mol. The van der Waals surface area contributed by atoms with Crippen LogP contribution in [0, 0.1) is 19.3 Å². The molecule has 0 aromatic carbocycles. The zero-order valence-corrected chi connectivity index (χ0v) is 13.8. The van der Waals surface area contributed by atoms with Gasteiger partial charge in [-0.25, -0.2) is 0 Å². The van der Waals surface area contributed by atoms with Crippen molar-refractivity contribution < 1.29 is 4.74 Å². The second-order valence-electron chi connectivity index (χ2n) is 6.02. The Hall–Kier alpha value is -1.03. The number of nitrogens with one attached hydrogen (secondary N) is 1.